The maximum atomic E-state index is 13.2. The third kappa shape index (κ3) is 1.94. The summed E-state index contributed by atoms with van der Waals surface area (Å²) in [5.41, 5.74) is 1.44. The van der Waals surface area contributed by atoms with Crippen LogP contribution in [0.1, 0.15) is 11.4 Å². The van der Waals surface area contributed by atoms with Crippen molar-refractivity contribution in [2.45, 2.75) is 12.8 Å². The third-order valence-electron chi connectivity index (χ3n) is 2.12. The van der Waals surface area contributed by atoms with Gasteiger partial charge in [0.25, 0.3) is 0 Å². The van der Waals surface area contributed by atoms with Crippen LogP contribution in [-0.2, 0) is 5.88 Å². The number of nitrogens with zero attached hydrogens (tertiary/aromatic N) is 4. The Hall–Kier alpha value is -1.01. The van der Waals surface area contributed by atoms with Crippen molar-refractivity contribution in [2.75, 3.05) is 0 Å². The first-order valence-electron chi connectivity index (χ1n) is 4.42. The van der Waals surface area contributed by atoms with Gasteiger partial charge in [-0.3, -0.25) is 0 Å². The van der Waals surface area contributed by atoms with E-state index in [4.69, 9.17) is 11.6 Å². The van der Waals surface area contributed by atoms with E-state index in [1.807, 2.05) is 0 Å². The van der Waals surface area contributed by atoms with Crippen LogP contribution < -0.4 is 0 Å². The predicted molar refractivity (Wildman–Crippen MR) is 61.1 cm³/mol. The normalized spacial score (nSPS) is 10.8. The average Bonchev–Trinajstić information content (AvgIpc) is 2.71. The van der Waals surface area contributed by atoms with Gasteiger partial charge >= 0.3 is 0 Å². The third-order valence-corrected chi connectivity index (χ3v) is 2.97. The Morgan fingerprint density at radius 1 is 1.50 bits per heavy atom. The molecule has 0 atom stereocenters. The monoisotopic (exact) mass is 304 g/mol. The van der Waals surface area contributed by atoms with E-state index in [2.05, 4.69) is 31.5 Å². The van der Waals surface area contributed by atoms with Crippen LogP contribution in [0.25, 0.3) is 5.69 Å². The summed E-state index contributed by atoms with van der Waals surface area (Å²) in [7, 11) is 0. The lowest BCUT2D eigenvalue weighted by Crippen LogP contribution is -2.04. The Bertz CT molecular complexity index is 528. The van der Waals surface area contributed by atoms with Gasteiger partial charge in [-0.15, -0.1) is 16.7 Å². The van der Waals surface area contributed by atoms with Gasteiger partial charge in [-0.25, -0.2) is 4.39 Å². The van der Waals surface area contributed by atoms with Crippen LogP contribution in [0.4, 0.5) is 4.39 Å². The molecule has 0 aliphatic rings. The van der Waals surface area contributed by atoms with Gasteiger partial charge in [0.05, 0.1) is 16.0 Å². The van der Waals surface area contributed by atoms with E-state index in [1.165, 1.54) is 10.7 Å². The number of tetrazole rings is 1. The van der Waals surface area contributed by atoms with Crippen LogP contribution in [0, 0.1) is 12.7 Å². The molecule has 0 bridgehead atoms. The van der Waals surface area contributed by atoms with Gasteiger partial charge in [-0.2, -0.15) is 4.68 Å². The maximum absolute atomic E-state index is 13.2. The molecule has 1 aromatic carbocycles. The van der Waals surface area contributed by atoms with Crippen LogP contribution >= 0.6 is 27.5 Å². The number of benzene rings is 1. The quantitative estimate of drug-likeness (QED) is 0.801. The Morgan fingerprint density at radius 3 is 2.94 bits per heavy atom. The van der Waals surface area contributed by atoms with Crippen LogP contribution in [0.5, 0.6) is 0 Å². The van der Waals surface area contributed by atoms with E-state index in [1.54, 1.807) is 13.0 Å². The van der Waals surface area contributed by atoms with Crippen LogP contribution in [-0.4, -0.2) is 20.2 Å². The summed E-state index contributed by atoms with van der Waals surface area (Å²) >= 11 is 8.82. The zero-order chi connectivity index (χ0) is 11.7. The molecule has 0 amide bonds. The minimum absolute atomic E-state index is 0.196. The van der Waals surface area contributed by atoms with Crippen molar-refractivity contribution in [1.29, 1.82) is 0 Å². The Kier molecular flexibility index (Phi) is 3.20. The molecule has 2 rings (SSSR count). The molecule has 0 aliphatic carbocycles. The second-order valence-corrected chi connectivity index (χ2v) is 4.31. The Balaban J connectivity index is 2.60. The van der Waals surface area contributed by atoms with E-state index < -0.39 is 0 Å². The molecule has 0 aliphatic heterocycles. The number of hydrogen-bond donors (Lipinski definition) is 0. The molecule has 2 aromatic rings. The lowest BCUT2D eigenvalue weighted by atomic mass is 10.2. The Morgan fingerprint density at radius 2 is 2.25 bits per heavy atom. The van der Waals surface area contributed by atoms with E-state index >= 15 is 0 Å². The second kappa shape index (κ2) is 4.47. The summed E-state index contributed by atoms with van der Waals surface area (Å²) in [6.45, 7) is 1.78. The SMILES string of the molecule is Cc1cc(F)c(Br)cc1-n1nnnc1CCl. The van der Waals surface area contributed by atoms with Crippen LogP contribution in [0.3, 0.4) is 0 Å². The van der Waals surface area contributed by atoms with Gasteiger partial charge in [-0.1, -0.05) is 0 Å². The summed E-state index contributed by atoms with van der Waals surface area (Å²) < 4.78 is 15.1. The Labute approximate surface area is 105 Å². The number of hydrogen-bond acceptors (Lipinski definition) is 3. The molecule has 0 unspecified atom stereocenters. The molecule has 0 saturated carbocycles. The topological polar surface area (TPSA) is 43.6 Å². The molecule has 7 heteroatoms. The smallest absolute Gasteiger partial charge is 0.171 e. The van der Waals surface area contributed by atoms with Gasteiger partial charge in [0, 0.05) is 0 Å². The minimum Gasteiger partial charge on any atom is -0.206 e. The number of alkyl halides is 1. The number of aromatic nitrogens is 4. The van der Waals surface area contributed by atoms with Crippen molar-refractivity contribution in [3.05, 3.63) is 33.8 Å². The summed E-state index contributed by atoms with van der Waals surface area (Å²) in [5.74, 6) is 0.395. The highest BCUT2D eigenvalue weighted by Crippen LogP contribution is 2.23. The summed E-state index contributed by atoms with van der Waals surface area (Å²) in [4.78, 5) is 0. The number of rotatable bonds is 2. The highest BCUT2D eigenvalue weighted by molar-refractivity contribution is 9.10. The predicted octanol–water partition coefficient (Wildman–Crippen LogP) is 2.61. The highest BCUT2D eigenvalue weighted by atomic mass is 79.9. The van der Waals surface area contributed by atoms with Crippen molar-refractivity contribution in [1.82, 2.24) is 20.2 Å². The number of halogens is 3. The first-order valence-corrected chi connectivity index (χ1v) is 5.75. The van der Waals surface area contributed by atoms with Gasteiger partial charge in [0.2, 0.25) is 0 Å². The highest BCUT2D eigenvalue weighted by Gasteiger charge is 2.12. The van der Waals surface area contributed by atoms with Gasteiger partial charge in [0.15, 0.2) is 5.82 Å². The van der Waals surface area contributed by atoms with Gasteiger partial charge in [-0.05, 0) is 51.0 Å². The molecule has 0 N–H and O–H groups in total. The van der Waals surface area contributed by atoms with E-state index in [-0.39, 0.29) is 11.7 Å². The molecule has 0 spiro atoms. The standard InChI is InChI=1S/C9H7BrClFN4/c1-5-2-7(12)6(10)3-8(5)16-9(4-11)13-14-15-16/h2-3H,4H2,1H3. The molecule has 0 saturated heterocycles. The zero-order valence-electron chi connectivity index (χ0n) is 8.28. The molecule has 84 valence electrons. The molecule has 0 radical (unpaired) electrons. The van der Waals surface area contributed by atoms with Crippen molar-refractivity contribution in [2.24, 2.45) is 0 Å². The minimum atomic E-state index is -0.318. The molecule has 16 heavy (non-hydrogen) atoms. The molecule has 4 nitrogen and oxygen atoms in total. The first-order chi connectivity index (χ1) is 7.63. The maximum Gasteiger partial charge on any atom is 0.171 e. The lowest BCUT2D eigenvalue weighted by molar-refractivity contribution is 0.618. The van der Waals surface area contributed by atoms with E-state index in [0.717, 1.165) is 5.56 Å². The van der Waals surface area contributed by atoms with Crippen molar-refractivity contribution in [3.8, 4) is 5.69 Å². The fourth-order valence-corrected chi connectivity index (χ4v) is 1.84. The van der Waals surface area contributed by atoms with Crippen LogP contribution in [0.15, 0.2) is 16.6 Å². The molecule has 1 aromatic heterocycles. The zero-order valence-corrected chi connectivity index (χ0v) is 10.6. The summed E-state index contributed by atoms with van der Waals surface area (Å²) in [6, 6.07) is 3.04. The summed E-state index contributed by atoms with van der Waals surface area (Å²) in [6.07, 6.45) is 0. The van der Waals surface area contributed by atoms with E-state index in [9.17, 15) is 4.39 Å². The molecular formula is C9H7BrClFN4. The van der Waals surface area contributed by atoms with Crippen molar-refractivity contribution in [3.63, 3.8) is 0 Å². The fraction of sp³-hybridized carbons (Fsp3) is 0.222. The summed E-state index contributed by atoms with van der Waals surface area (Å²) in [5, 5.41) is 11.1. The lowest BCUT2D eigenvalue weighted by Gasteiger charge is -2.07. The van der Waals surface area contributed by atoms with Crippen molar-refractivity contribution >= 4 is 27.5 Å². The molecule has 1 heterocycles. The number of aryl methyl sites for hydroxylation is 1. The van der Waals surface area contributed by atoms with E-state index in [0.29, 0.717) is 16.0 Å². The van der Waals surface area contributed by atoms with Crippen molar-refractivity contribution < 1.29 is 4.39 Å². The average molecular weight is 306 g/mol. The van der Waals surface area contributed by atoms with Gasteiger partial charge in [0.1, 0.15) is 5.82 Å². The molecule has 0 fully saturated rings. The largest absolute Gasteiger partial charge is 0.206 e. The molecular weight excluding hydrogens is 298 g/mol. The van der Waals surface area contributed by atoms with Crippen LogP contribution in [0.2, 0.25) is 0 Å². The fourth-order valence-electron chi connectivity index (χ4n) is 1.34. The first kappa shape index (κ1) is 11.5. The second-order valence-electron chi connectivity index (χ2n) is 3.19. The van der Waals surface area contributed by atoms with Gasteiger partial charge < -0.3 is 0 Å².